The van der Waals surface area contributed by atoms with Gasteiger partial charge in [0.15, 0.2) is 0 Å². The number of benzene rings is 1. The maximum atomic E-state index is 11.8. The summed E-state index contributed by atoms with van der Waals surface area (Å²) >= 11 is 0. The predicted molar refractivity (Wildman–Crippen MR) is 77.5 cm³/mol. The van der Waals surface area contributed by atoms with E-state index in [4.69, 9.17) is 0 Å². The van der Waals surface area contributed by atoms with Gasteiger partial charge in [0.05, 0.1) is 7.11 Å². The number of hydrogen-bond donors (Lipinski definition) is 2. The molecular formula is C15H22N2O3. The zero-order valence-corrected chi connectivity index (χ0v) is 12.1. The molecule has 20 heavy (non-hydrogen) atoms. The number of methoxy groups -OCH3 is 1. The summed E-state index contributed by atoms with van der Waals surface area (Å²) in [6.07, 6.45) is 2.79. The van der Waals surface area contributed by atoms with Crippen molar-refractivity contribution in [3.8, 4) is 0 Å². The van der Waals surface area contributed by atoms with E-state index in [0.29, 0.717) is 18.7 Å². The first-order chi connectivity index (χ1) is 9.67. The third-order valence-corrected chi connectivity index (χ3v) is 2.90. The van der Waals surface area contributed by atoms with Crippen molar-refractivity contribution in [2.24, 2.45) is 0 Å². The molecule has 0 saturated carbocycles. The Kier molecular flexibility index (Phi) is 7.17. The minimum Gasteiger partial charge on any atom is -0.453 e. The first-order valence-corrected chi connectivity index (χ1v) is 6.86. The van der Waals surface area contributed by atoms with Gasteiger partial charge < -0.3 is 15.4 Å². The number of unbranched alkanes of at least 4 members (excludes halogenated alkanes) is 2. The van der Waals surface area contributed by atoms with Crippen LogP contribution in [0.25, 0.3) is 0 Å². The minimum absolute atomic E-state index is 0.0615. The van der Waals surface area contributed by atoms with E-state index in [1.54, 1.807) is 12.1 Å². The zero-order chi connectivity index (χ0) is 14.8. The average molecular weight is 278 g/mol. The number of ether oxygens (including phenoxy) is 1. The number of carbonyl (C=O) groups is 2. The van der Waals surface area contributed by atoms with E-state index < -0.39 is 6.09 Å². The molecule has 5 heteroatoms. The van der Waals surface area contributed by atoms with Crippen LogP contribution in [-0.2, 0) is 11.3 Å². The van der Waals surface area contributed by atoms with Gasteiger partial charge in [0.2, 0.25) is 0 Å². The first-order valence-electron chi connectivity index (χ1n) is 6.86. The Morgan fingerprint density at radius 2 is 1.80 bits per heavy atom. The Labute approximate surface area is 119 Å². The van der Waals surface area contributed by atoms with Gasteiger partial charge in [-0.25, -0.2) is 4.79 Å². The lowest BCUT2D eigenvalue weighted by atomic mass is 10.1. The molecule has 0 aliphatic carbocycles. The summed E-state index contributed by atoms with van der Waals surface area (Å²) in [5.74, 6) is -0.0615. The number of nitrogens with one attached hydrogen (secondary N) is 2. The van der Waals surface area contributed by atoms with Gasteiger partial charge in [-0.3, -0.25) is 4.79 Å². The number of amides is 2. The van der Waals surface area contributed by atoms with Crippen molar-refractivity contribution in [1.82, 2.24) is 10.6 Å². The van der Waals surface area contributed by atoms with Crippen molar-refractivity contribution in [2.75, 3.05) is 13.7 Å². The summed E-state index contributed by atoms with van der Waals surface area (Å²) in [6.45, 7) is 3.21. The predicted octanol–water partition coefficient (Wildman–Crippen LogP) is 2.46. The van der Waals surface area contributed by atoms with Crippen LogP contribution in [-0.4, -0.2) is 25.7 Å². The van der Waals surface area contributed by atoms with Crippen molar-refractivity contribution >= 4 is 12.0 Å². The third-order valence-electron chi connectivity index (χ3n) is 2.90. The number of hydrogen-bond acceptors (Lipinski definition) is 3. The second-order valence-corrected chi connectivity index (χ2v) is 4.51. The van der Waals surface area contributed by atoms with Gasteiger partial charge in [-0.2, -0.15) is 0 Å². The van der Waals surface area contributed by atoms with Crippen LogP contribution in [0.4, 0.5) is 4.79 Å². The molecular weight excluding hydrogens is 256 g/mol. The van der Waals surface area contributed by atoms with Gasteiger partial charge >= 0.3 is 6.09 Å². The molecule has 0 atom stereocenters. The summed E-state index contributed by atoms with van der Waals surface area (Å²) in [4.78, 5) is 22.8. The van der Waals surface area contributed by atoms with Crippen LogP contribution in [0, 0.1) is 0 Å². The molecule has 0 fully saturated rings. The average Bonchev–Trinajstić information content (AvgIpc) is 2.49. The standard InChI is InChI=1S/C15H22N2O3/c1-3-4-5-10-16-14(18)13-8-6-12(7-9-13)11-17-15(19)20-2/h6-9H,3-5,10-11H2,1-2H3,(H,16,18)(H,17,19). The molecule has 0 saturated heterocycles. The van der Waals surface area contributed by atoms with Gasteiger partial charge in [0.25, 0.3) is 5.91 Å². The molecule has 1 aromatic rings. The van der Waals surface area contributed by atoms with Crippen LogP contribution in [0.1, 0.15) is 42.1 Å². The fraction of sp³-hybridized carbons (Fsp3) is 0.467. The summed E-state index contributed by atoms with van der Waals surface area (Å²) < 4.78 is 4.48. The minimum atomic E-state index is -0.470. The smallest absolute Gasteiger partial charge is 0.407 e. The van der Waals surface area contributed by atoms with Crippen molar-refractivity contribution in [1.29, 1.82) is 0 Å². The highest BCUT2D eigenvalue weighted by atomic mass is 16.5. The molecule has 5 nitrogen and oxygen atoms in total. The van der Waals surface area contributed by atoms with Gasteiger partial charge in [-0.1, -0.05) is 31.9 Å². The van der Waals surface area contributed by atoms with Crippen molar-refractivity contribution in [3.05, 3.63) is 35.4 Å². The van der Waals surface area contributed by atoms with E-state index in [1.807, 2.05) is 12.1 Å². The SMILES string of the molecule is CCCCCNC(=O)c1ccc(CNC(=O)OC)cc1. The molecule has 0 unspecified atom stereocenters. The summed E-state index contributed by atoms with van der Waals surface area (Å²) in [5.41, 5.74) is 1.54. The molecule has 0 spiro atoms. The maximum absolute atomic E-state index is 11.8. The Morgan fingerprint density at radius 3 is 2.40 bits per heavy atom. The van der Waals surface area contributed by atoms with Crippen LogP contribution < -0.4 is 10.6 Å². The van der Waals surface area contributed by atoms with E-state index in [2.05, 4.69) is 22.3 Å². The van der Waals surface area contributed by atoms with E-state index in [0.717, 1.165) is 24.8 Å². The van der Waals surface area contributed by atoms with Crippen molar-refractivity contribution in [3.63, 3.8) is 0 Å². The van der Waals surface area contributed by atoms with E-state index in [-0.39, 0.29) is 5.91 Å². The fourth-order valence-electron chi connectivity index (χ4n) is 1.70. The molecule has 0 aromatic heterocycles. The van der Waals surface area contributed by atoms with Crippen LogP contribution >= 0.6 is 0 Å². The molecule has 0 heterocycles. The number of alkyl carbamates (subject to hydrolysis) is 1. The Balaban J connectivity index is 2.41. The van der Waals surface area contributed by atoms with Gasteiger partial charge in [-0.05, 0) is 24.1 Å². The molecule has 2 amide bonds. The lowest BCUT2D eigenvalue weighted by molar-refractivity contribution is 0.0953. The largest absolute Gasteiger partial charge is 0.453 e. The molecule has 1 rings (SSSR count). The van der Waals surface area contributed by atoms with Crippen molar-refractivity contribution in [2.45, 2.75) is 32.7 Å². The van der Waals surface area contributed by atoms with Gasteiger partial charge in [0, 0.05) is 18.7 Å². The summed E-state index contributed by atoms with van der Waals surface area (Å²) in [6, 6.07) is 7.14. The topological polar surface area (TPSA) is 67.4 Å². The Morgan fingerprint density at radius 1 is 1.10 bits per heavy atom. The van der Waals surface area contributed by atoms with E-state index in [9.17, 15) is 9.59 Å². The Bertz CT molecular complexity index is 429. The second kappa shape index (κ2) is 8.96. The molecule has 0 bridgehead atoms. The molecule has 0 aliphatic rings. The van der Waals surface area contributed by atoms with E-state index >= 15 is 0 Å². The van der Waals surface area contributed by atoms with Gasteiger partial charge in [-0.15, -0.1) is 0 Å². The monoisotopic (exact) mass is 278 g/mol. The van der Waals surface area contributed by atoms with Crippen LogP contribution in [0.2, 0.25) is 0 Å². The molecule has 0 aliphatic heterocycles. The summed E-state index contributed by atoms with van der Waals surface area (Å²) in [5, 5.41) is 5.47. The first kappa shape index (κ1) is 16.0. The number of rotatable bonds is 7. The Hall–Kier alpha value is -2.04. The summed E-state index contributed by atoms with van der Waals surface area (Å²) in [7, 11) is 1.32. The highest BCUT2D eigenvalue weighted by Gasteiger charge is 2.05. The van der Waals surface area contributed by atoms with E-state index in [1.165, 1.54) is 7.11 Å². The molecule has 110 valence electrons. The van der Waals surface area contributed by atoms with Crippen molar-refractivity contribution < 1.29 is 14.3 Å². The zero-order valence-electron chi connectivity index (χ0n) is 12.1. The van der Waals surface area contributed by atoms with Crippen LogP contribution in [0.5, 0.6) is 0 Å². The normalized spacial score (nSPS) is 9.90. The number of carbonyl (C=O) groups excluding carboxylic acids is 2. The lowest BCUT2D eigenvalue weighted by Gasteiger charge is -2.07. The third kappa shape index (κ3) is 5.73. The quantitative estimate of drug-likeness (QED) is 0.753. The molecule has 0 radical (unpaired) electrons. The highest BCUT2D eigenvalue weighted by molar-refractivity contribution is 5.94. The molecule has 2 N–H and O–H groups in total. The molecule has 1 aromatic carbocycles. The maximum Gasteiger partial charge on any atom is 0.407 e. The van der Waals surface area contributed by atoms with Crippen LogP contribution in [0.15, 0.2) is 24.3 Å². The lowest BCUT2D eigenvalue weighted by Crippen LogP contribution is -2.24. The van der Waals surface area contributed by atoms with Gasteiger partial charge in [0.1, 0.15) is 0 Å². The fourth-order valence-corrected chi connectivity index (χ4v) is 1.70. The second-order valence-electron chi connectivity index (χ2n) is 4.51. The van der Waals surface area contributed by atoms with Crippen LogP contribution in [0.3, 0.4) is 0 Å². The highest BCUT2D eigenvalue weighted by Crippen LogP contribution is 2.04.